The lowest BCUT2D eigenvalue weighted by atomic mass is 10.1. The molecule has 0 spiro atoms. The molecule has 1 aromatic carbocycles. The fourth-order valence-electron chi connectivity index (χ4n) is 2.53. The largest absolute Gasteiger partial charge is 0.479 e. The molecule has 0 aliphatic carbocycles. The van der Waals surface area contributed by atoms with Gasteiger partial charge < -0.3 is 9.84 Å². The fraction of sp³-hybridized carbons (Fsp3) is 0.333. The molecule has 3 rings (SSSR count). The Kier molecular flexibility index (Phi) is 4.17. The summed E-state index contributed by atoms with van der Waals surface area (Å²) in [4.78, 5) is 13.0. The number of morpholine rings is 1. The molecule has 6 nitrogen and oxygen atoms in total. The van der Waals surface area contributed by atoms with Gasteiger partial charge in [-0.25, -0.2) is 9.18 Å². The van der Waals surface area contributed by atoms with E-state index in [-0.39, 0.29) is 5.82 Å². The predicted molar refractivity (Wildman–Crippen MR) is 76.6 cm³/mol. The molecule has 2 heterocycles. The summed E-state index contributed by atoms with van der Waals surface area (Å²) in [5.74, 6) is -1.24. The summed E-state index contributed by atoms with van der Waals surface area (Å²) in [5.41, 5.74) is 2.60. The number of carbonyl (C=O) groups is 1. The monoisotopic (exact) mass is 305 g/mol. The first kappa shape index (κ1) is 14.7. The van der Waals surface area contributed by atoms with Gasteiger partial charge in [0.2, 0.25) is 0 Å². The number of hydrogen-bond acceptors (Lipinski definition) is 4. The van der Waals surface area contributed by atoms with Crippen LogP contribution in [-0.2, 0) is 16.1 Å². The number of rotatable bonds is 4. The van der Waals surface area contributed by atoms with Crippen LogP contribution in [0.2, 0.25) is 0 Å². The molecule has 1 aliphatic rings. The van der Waals surface area contributed by atoms with E-state index < -0.39 is 12.1 Å². The van der Waals surface area contributed by atoms with Gasteiger partial charge in [-0.1, -0.05) is 0 Å². The quantitative estimate of drug-likeness (QED) is 0.895. The fourth-order valence-corrected chi connectivity index (χ4v) is 2.53. The van der Waals surface area contributed by atoms with Crippen LogP contribution < -0.4 is 0 Å². The van der Waals surface area contributed by atoms with Crippen LogP contribution in [0.4, 0.5) is 4.39 Å². The van der Waals surface area contributed by atoms with E-state index in [2.05, 4.69) is 10.2 Å². The van der Waals surface area contributed by atoms with Crippen molar-refractivity contribution in [2.45, 2.75) is 12.6 Å². The highest BCUT2D eigenvalue weighted by Gasteiger charge is 2.26. The van der Waals surface area contributed by atoms with Crippen molar-refractivity contribution >= 4 is 5.97 Å². The summed E-state index contributed by atoms with van der Waals surface area (Å²) in [6.07, 6.45) is 0.916. The van der Waals surface area contributed by atoms with Crippen LogP contribution in [0.3, 0.4) is 0 Å². The van der Waals surface area contributed by atoms with Crippen LogP contribution in [0.1, 0.15) is 5.56 Å². The molecule has 116 valence electrons. The van der Waals surface area contributed by atoms with Gasteiger partial charge in [-0.05, 0) is 24.3 Å². The van der Waals surface area contributed by atoms with Crippen molar-refractivity contribution < 1.29 is 19.0 Å². The van der Waals surface area contributed by atoms with Crippen molar-refractivity contribution in [3.05, 3.63) is 41.8 Å². The van der Waals surface area contributed by atoms with Crippen LogP contribution in [-0.4, -0.2) is 52.0 Å². The van der Waals surface area contributed by atoms with E-state index in [1.54, 1.807) is 18.3 Å². The molecule has 0 bridgehead atoms. The molecular formula is C15H16FN3O3. The van der Waals surface area contributed by atoms with Crippen molar-refractivity contribution in [1.82, 2.24) is 15.1 Å². The summed E-state index contributed by atoms with van der Waals surface area (Å²) < 4.78 is 18.2. The van der Waals surface area contributed by atoms with E-state index >= 15 is 0 Å². The maximum atomic E-state index is 13.0. The molecule has 0 amide bonds. The minimum atomic E-state index is -0.948. The van der Waals surface area contributed by atoms with Crippen molar-refractivity contribution in [2.75, 3.05) is 19.7 Å². The van der Waals surface area contributed by atoms with E-state index in [0.29, 0.717) is 26.2 Å². The molecule has 0 radical (unpaired) electrons. The number of ether oxygens (including phenoxy) is 1. The zero-order valence-corrected chi connectivity index (χ0v) is 11.8. The normalized spacial score (nSPS) is 19.2. The zero-order valence-electron chi connectivity index (χ0n) is 11.8. The number of carboxylic acid groups (broad SMARTS) is 1. The number of aromatic nitrogens is 2. The standard InChI is InChI=1S/C15H16FN3O3/c16-12-3-1-10(2-4-12)14-11(7-17-18-14)8-19-5-6-22-13(9-19)15(20)21/h1-4,7,13H,5-6,8-9H2,(H,17,18)(H,20,21)/t13-/m0/s1. The molecule has 22 heavy (non-hydrogen) atoms. The minimum Gasteiger partial charge on any atom is -0.479 e. The van der Waals surface area contributed by atoms with Gasteiger partial charge in [0.15, 0.2) is 6.10 Å². The highest BCUT2D eigenvalue weighted by atomic mass is 19.1. The predicted octanol–water partition coefficient (Wildman–Crippen LogP) is 1.50. The molecule has 2 aromatic rings. The Morgan fingerprint density at radius 3 is 2.95 bits per heavy atom. The Morgan fingerprint density at radius 2 is 2.23 bits per heavy atom. The van der Waals surface area contributed by atoms with Crippen molar-refractivity contribution in [3.63, 3.8) is 0 Å². The molecule has 7 heteroatoms. The molecule has 0 unspecified atom stereocenters. The van der Waals surface area contributed by atoms with Gasteiger partial charge in [0.05, 0.1) is 18.5 Å². The highest BCUT2D eigenvalue weighted by molar-refractivity contribution is 5.72. The van der Waals surface area contributed by atoms with E-state index in [9.17, 15) is 9.18 Å². The van der Waals surface area contributed by atoms with Crippen LogP contribution in [0.15, 0.2) is 30.5 Å². The van der Waals surface area contributed by atoms with Crippen LogP contribution >= 0.6 is 0 Å². The lowest BCUT2D eigenvalue weighted by Gasteiger charge is -2.30. The maximum Gasteiger partial charge on any atom is 0.334 e. The Balaban J connectivity index is 1.75. The molecule has 0 saturated carbocycles. The Hall–Kier alpha value is -2.25. The van der Waals surface area contributed by atoms with E-state index in [0.717, 1.165) is 16.8 Å². The van der Waals surface area contributed by atoms with Crippen LogP contribution in [0.5, 0.6) is 0 Å². The zero-order chi connectivity index (χ0) is 15.5. The molecular weight excluding hydrogens is 289 g/mol. The molecule has 1 fully saturated rings. The number of halogens is 1. The number of aliphatic carboxylic acids is 1. The second-order valence-electron chi connectivity index (χ2n) is 5.21. The number of carboxylic acids is 1. The van der Waals surface area contributed by atoms with E-state index in [1.807, 2.05) is 4.90 Å². The van der Waals surface area contributed by atoms with E-state index in [4.69, 9.17) is 9.84 Å². The Labute approximate surface area is 126 Å². The number of benzene rings is 1. The molecule has 1 aliphatic heterocycles. The third kappa shape index (κ3) is 3.15. The first-order valence-corrected chi connectivity index (χ1v) is 6.98. The highest BCUT2D eigenvalue weighted by Crippen LogP contribution is 2.23. The third-order valence-electron chi connectivity index (χ3n) is 3.67. The summed E-state index contributed by atoms with van der Waals surface area (Å²) in [6.45, 7) is 1.96. The Bertz CT molecular complexity index is 656. The van der Waals surface area contributed by atoms with E-state index in [1.165, 1.54) is 12.1 Å². The van der Waals surface area contributed by atoms with Gasteiger partial charge in [-0.15, -0.1) is 0 Å². The number of hydrogen-bond donors (Lipinski definition) is 2. The van der Waals surface area contributed by atoms with Gasteiger partial charge in [-0.3, -0.25) is 10.00 Å². The molecule has 1 saturated heterocycles. The third-order valence-corrected chi connectivity index (χ3v) is 3.67. The molecule has 1 atom stereocenters. The number of nitrogens with zero attached hydrogens (tertiary/aromatic N) is 2. The number of aromatic amines is 1. The number of nitrogens with one attached hydrogen (secondary N) is 1. The lowest BCUT2D eigenvalue weighted by Crippen LogP contribution is -2.45. The average molecular weight is 305 g/mol. The molecule has 1 aromatic heterocycles. The topological polar surface area (TPSA) is 78.5 Å². The first-order valence-electron chi connectivity index (χ1n) is 6.98. The first-order chi connectivity index (χ1) is 10.6. The summed E-state index contributed by atoms with van der Waals surface area (Å²) >= 11 is 0. The van der Waals surface area contributed by atoms with Gasteiger partial charge in [0.1, 0.15) is 5.82 Å². The maximum absolute atomic E-state index is 13.0. The smallest absolute Gasteiger partial charge is 0.334 e. The molecule has 2 N–H and O–H groups in total. The Morgan fingerprint density at radius 1 is 1.45 bits per heavy atom. The second kappa shape index (κ2) is 6.25. The van der Waals surface area contributed by atoms with Crippen molar-refractivity contribution in [3.8, 4) is 11.3 Å². The SMILES string of the molecule is O=C(O)[C@@H]1CN(Cc2cn[nH]c2-c2ccc(F)cc2)CCO1. The van der Waals surface area contributed by atoms with Gasteiger partial charge >= 0.3 is 5.97 Å². The van der Waals surface area contributed by atoms with Crippen LogP contribution in [0.25, 0.3) is 11.3 Å². The minimum absolute atomic E-state index is 0.290. The number of H-pyrrole nitrogens is 1. The summed E-state index contributed by atoms with van der Waals surface area (Å²) in [6, 6.07) is 6.17. The van der Waals surface area contributed by atoms with Gasteiger partial charge in [0.25, 0.3) is 0 Å². The van der Waals surface area contributed by atoms with Crippen molar-refractivity contribution in [1.29, 1.82) is 0 Å². The lowest BCUT2D eigenvalue weighted by molar-refractivity contribution is -0.156. The summed E-state index contributed by atoms with van der Waals surface area (Å²) in [5, 5.41) is 16.0. The second-order valence-corrected chi connectivity index (χ2v) is 5.21. The van der Waals surface area contributed by atoms with Gasteiger partial charge in [0, 0.05) is 30.8 Å². The average Bonchev–Trinajstić information content (AvgIpc) is 2.96. The van der Waals surface area contributed by atoms with Crippen molar-refractivity contribution in [2.24, 2.45) is 0 Å². The van der Waals surface area contributed by atoms with Crippen LogP contribution in [0, 0.1) is 5.82 Å². The van der Waals surface area contributed by atoms with Gasteiger partial charge in [-0.2, -0.15) is 5.10 Å². The summed E-state index contributed by atoms with van der Waals surface area (Å²) in [7, 11) is 0.